The molecule has 2 aromatic rings. The topological polar surface area (TPSA) is 34.1 Å². The monoisotopic (exact) mass is 410 g/mol. The van der Waals surface area contributed by atoms with Gasteiger partial charge in [-0.2, -0.15) is 0 Å². The number of hydrogen-bond donors (Lipinski definition) is 1. The molecule has 2 rings (SSSR count). The van der Waals surface area contributed by atoms with Gasteiger partial charge in [-0.15, -0.1) is 11.3 Å². The van der Waals surface area contributed by atoms with Crippen molar-refractivity contribution in [1.82, 2.24) is 4.98 Å². The number of benzene rings is 1. The zero-order chi connectivity index (χ0) is 13.1. The highest BCUT2D eigenvalue weighted by Gasteiger charge is 2.08. The molecule has 96 valence electrons. The van der Waals surface area contributed by atoms with Crippen molar-refractivity contribution in [2.24, 2.45) is 0 Å². The average molecular weight is 413 g/mol. The molecule has 1 aromatic heterocycles. The smallest absolute Gasteiger partial charge is 0.135 e. The summed E-state index contributed by atoms with van der Waals surface area (Å²) in [5, 5.41) is 4.22. The molecule has 1 aromatic carbocycles. The molecule has 1 heterocycles. The van der Waals surface area contributed by atoms with E-state index in [0.29, 0.717) is 10.9 Å². The van der Waals surface area contributed by atoms with E-state index in [-0.39, 0.29) is 0 Å². The minimum Gasteiger partial charge on any atom is -0.495 e. The van der Waals surface area contributed by atoms with Crippen molar-refractivity contribution in [1.29, 1.82) is 0 Å². The molecule has 0 saturated heterocycles. The van der Waals surface area contributed by atoms with Gasteiger partial charge in [0.25, 0.3) is 0 Å². The van der Waals surface area contributed by atoms with Gasteiger partial charge in [0.2, 0.25) is 0 Å². The van der Waals surface area contributed by atoms with Crippen LogP contribution in [0.4, 0.5) is 5.69 Å². The maximum Gasteiger partial charge on any atom is 0.135 e. The third kappa shape index (κ3) is 3.38. The van der Waals surface area contributed by atoms with Gasteiger partial charge in [-0.3, -0.25) is 0 Å². The van der Waals surface area contributed by atoms with Crippen LogP contribution in [0.3, 0.4) is 0 Å². The number of methoxy groups -OCH3 is 1. The Balaban J connectivity index is 2.13. The minimum atomic E-state index is 0.626. The first-order valence-corrected chi connectivity index (χ1v) is 7.75. The second-order valence-electron chi connectivity index (χ2n) is 3.38. The predicted molar refractivity (Wildman–Crippen MR) is 82.8 cm³/mol. The number of halogens is 3. The minimum absolute atomic E-state index is 0.626. The lowest BCUT2D eigenvalue weighted by molar-refractivity contribution is 0.412. The fraction of sp³-hybridized carbons (Fsp3) is 0.182. The summed E-state index contributed by atoms with van der Waals surface area (Å²) < 4.78 is 7.81. The van der Waals surface area contributed by atoms with E-state index in [2.05, 4.69) is 42.2 Å². The third-order valence-electron chi connectivity index (χ3n) is 2.20. The van der Waals surface area contributed by atoms with E-state index in [0.717, 1.165) is 25.4 Å². The zero-order valence-corrected chi connectivity index (χ0v) is 14.1. The summed E-state index contributed by atoms with van der Waals surface area (Å²) in [6.45, 7) is 0.626. The van der Waals surface area contributed by atoms with Crippen molar-refractivity contribution >= 4 is 60.5 Å². The van der Waals surface area contributed by atoms with Gasteiger partial charge in [0, 0.05) is 10.5 Å². The summed E-state index contributed by atoms with van der Waals surface area (Å²) >= 11 is 14.2. The molecular weight excluding hydrogens is 403 g/mol. The van der Waals surface area contributed by atoms with Crippen LogP contribution >= 0.6 is 54.8 Å². The maximum absolute atomic E-state index is 5.83. The Kier molecular flexibility index (Phi) is 4.89. The summed E-state index contributed by atoms with van der Waals surface area (Å²) in [7, 11) is 1.64. The first-order chi connectivity index (χ1) is 8.60. The number of hydrogen-bond acceptors (Lipinski definition) is 4. The lowest BCUT2D eigenvalue weighted by atomic mass is 10.3. The molecule has 0 bridgehead atoms. The Labute approximate surface area is 131 Å². The molecule has 0 spiro atoms. The summed E-state index contributed by atoms with van der Waals surface area (Å²) in [5.41, 5.74) is 0.946. The molecule has 0 radical (unpaired) electrons. The third-order valence-corrected chi connectivity index (χ3v) is 4.59. The lowest BCUT2D eigenvalue weighted by Crippen LogP contribution is -2.00. The fourth-order valence-corrected chi connectivity index (χ4v) is 3.55. The van der Waals surface area contributed by atoms with Crippen LogP contribution < -0.4 is 10.1 Å². The van der Waals surface area contributed by atoms with Gasteiger partial charge < -0.3 is 10.1 Å². The average Bonchev–Trinajstić information content (AvgIpc) is 2.74. The molecule has 1 N–H and O–H groups in total. The van der Waals surface area contributed by atoms with E-state index < -0.39 is 0 Å². The number of nitrogens with zero attached hydrogens (tertiary/aromatic N) is 1. The van der Waals surface area contributed by atoms with Gasteiger partial charge in [0.1, 0.15) is 15.1 Å². The SMILES string of the molecule is COc1cc(NCc2ncc(Cl)s2)c(Br)cc1Br. The van der Waals surface area contributed by atoms with Crippen molar-refractivity contribution < 1.29 is 4.74 Å². The largest absolute Gasteiger partial charge is 0.495 e. The quantitative estimate of drug-likeness (QED) is 0.772. The van der Waals surface area contributed by atoms with Crippen molar-refractivity contribution in [3.8, 4) is 5.75 Å². The highest BCUT2D eigenvalue weighted by molar-refractivity contribution is 9.11. The number of anilines is 1. The fourth-order valence-electron chi connectivity index (χ4n) is 1.36. The molecule has 0 atom stereocenters. The van der Waals surface area contributed by atoms with E-state index >= 15 is 0 Å². The maximum atomic E-state index is 5.83. The molecule has 3 nitrogen and oxygen atoms in total. The van der Waals surface area contributed by atoms with Gasteiger partial charge in [0.15, 0.2) is 0 Å². The molecule has 0 aliphatic carbocycles. The Morgan fingerprint density at radius 2 is 2.17 bits per heavy atom. The first kappa shape index (κ1) is 14.1. The Morgan fingerprint density at radius 3 is 2.78 bits per heavy atom. The normalized spacial score (nSPS) is 10.4. The molecule has 0 saturated carbocycles. The Bertz CT molecular complexity index is 562. The van der Waals surface area contributed by atoms with E-state index in [4.69, 9.17) is 16.3 Å². The first-order valence-electron chi connectivity index (χ1n) is 4.97. The van der Waals surface area contributed by atoms with Crippen LogP contribution in [0.15, 0.2) is 27.3 Å². The zero-order valence-electron chi connectivity index (χ0n) is 9.34. The second kappa shape index (κ2) is 6.23. The summed E-state index contributed by atoms with van der Waals surface area (Å²) in [6.07, 6.45) is 1.65. The second-order valence-corrected chi connectivity index (χ2v) is 6.83. The Hall–Kier alpha value is -0.300. The van der Waals surface area contributed by atoms with E-state index in [1.165, 1.54) is 11.3 Å². The van der Waals surface area contributed by atoms with E-state index in [1.807, 2.05) is 12.1 Å². The highest BCUT2D eigenvalue weighted by Crippen LogP contribution is 2.34. The Morgan fingerprint density at radius 1 is 1.39 bits per heavy atom. The summed E-state index contributed by atoms with van der Waals surface area (Å²) in [4.78, 5) is 4.19. The summed E-state index contributed by atoms with van der Waals surface area (Å²) in [5.74, 6) is 0.776. The standard InChI is InChI=1S/C11H9Br2ClN2OS/c1-17-9-3-8(6(12)2-7(9)13)15-5-11-16-4-10(14)18-11/h2-4,15H,5H2,1H3. The molecule has 0 fully saturated rings. The van der Waals surface area contributed by atoms with Crippen molar-refractivity contribution in [3.63, 3.8) is 0 Å². The van der Waals surface area contributed by atoms with Crippen LogP contribution in [-0.2, 0) is 6.54 Å². The van der Waals surface area contributed by atoms with Gasteiger partial charge in [-0.25, -0.2) is 4.98 Å². The predicted octanol–water partition coefficient (Wildman–Crippen LogP) is 4.94. The molecule has 0 unspecified atom stereocenters. The molecular formula is C11H9Br2ClN2OS. The van der Waals surface area contributed by atoms with Crippen molar-refractivity contribution in [2.45, 2.75) is 6.54 Å². The number of nitrogens with one attached hydrogen (secondary N) is 1. The number of aromatic nitrogens is 1. The molecule has 0 amide bonds. The number of rotatable bonds is 4. The van der Waals surface area contributed by atoms with Gasteiger partial charge in [0.05, 0.1) is 30.0 Å². The van der Waals surface area contributed by atoms with Gasteiger partial charge >= 0.3 is 0 Å². The van der Waals surface area contributed by atoms with Crippen LogP contribution in [0.1, 0.15) is 5.01 Å². The number of ether oxygens (including phenoxy) is 1. The van der Waals surface area contributed by atoms with Gasteiger partial charge in [-0.1, -0.05) is 11.6 Å². The molecule has 18 heavy (non-hydrogen) atoms. The molecule has 0 aliphatic heterocycles. The van der Waals surface area contributed by atoms with Crippen LogP contribution in [0.25, 0.3) is 0 Å². The highest BCUT2D eigenvalue weighted by atomic mass is 79.9. The van der Waals surface area contributed by atoms with Crippen molar-refractivity contribution in [3.05, 3.63) is 36.6 Å². The summed E-state index contributed by atoms with van der Waals surface area (Å²) in [6, 6.07) is 3.86. The number of thiazole rings is 1. The van der Waals surface area contributed by atoms with Crippen LogP contribution in [-0.4, -0.2) is 12.1 Å². The lowest BCUT2D eigenvalue weighted by Gasteiger charge is -2.10. The van der Waals surface area contributed by atoms with Gasteiger partial charge in [-0.05, 0) is 37.9 Å². The van der Waals surface area contributed by atoms with Crippen LogP contribution in [0, 0.1) is 0 Å². The molecule has 0 aliphatic rings. The van der Waals surface area contributed by atoms with Crippen LogP contribution in [0.2, 0.25) is 4.34 Å². The van der Waals surface area contributed by atoms with Crippen LogP contribution in [0.5, 0.6) is 5.75 Å². The van der Waals surface area contributed by atoms with E-state index in [9.17, 15) is 0 Å². The molecule has 7 heteroatoms. The van der Waals surface area contributed by atoms with Crippen molar-refractivity contribution in [2.75, 3.05) is 12.4 Å². The van der Waals surface area contributed by atoms with E-state index in [1.54, 1.807) is 13.3 Å².